The second-order valence-corrected chi connectivity index (χ2v) is 4.14. The van der Waals surface area contributed by atoms with E-state index in [1.54, 1.807) is 32.9 Å². The summed E-state index contributed by atoms with van der Waals surface area (Å²) >= 11 is 0. The van der Waals surface area contributed by atoms with Gasteiger partial charge in [-0.1, -0.05) is 12.2 Å². The lowest BCUT2D eigenvalue weighted by atomic mass is 10.0. The quantitative estimate of drug-likeness (QED) is 0.472. The number of allylic oxidation sites excluding steroid dienone is 3. The highest BCUT2D eigenvalue weighted by Crippen LogP contribution is 2.14. The molecule has 0 bridgehead atoms. The average Bonchev–Trinajstić information content (AvgIpc) is 2.01. The summed E-state index contributed by atoms with van der Waals surface area (Å²) in [6, 6.07) is 0. The van der Waals surface area contributed by atoms with E-state index in [0.29, 0.717) is 0 Å². The van der Waals surface area contributed by atoms with Crippen molar-refractivity contribution in [3.05, 3.63) is 23.8 Å². The fourth-order valence-electron chi connectivity index (χ4n) is 1.06. The fourth-order valence-corrected chi connectivity index (χ4v) is 1.06. The highest BCUT2D eigenvalue weighted by molar-refractivity contribution is 6.18. The predicted octanol–water partition coefficient (Wildman–Crippen LogP) is 1.78. The molecular formula is C11H14O3. The first-order chi connectivity index (χ1) is 6.40. The van der Waals surface area contributed by atoms with Crippen LogP contribution in [0.3, 0.4) is 0 Å². The van der Waals surface area contributed by atoms with E-state index in [-0.39, 0.29) is 17.8 Å². The SMILES string of the molecule is CC(C)(C)OC(=O)C1=CC=CCC1=O. The number of carbonyl (C=O) groups is 2. The molecule has 3 heteroatoms. The van der Waals surface area contributed by atoms with Crippen LogP contribution in [0, 0.1) is 0 Å². The molecule has 14 heavy (non-hydrogen) atoms. The molecule has 0 heterocycles. The highest BCUT2D eigenvalue weighted by Gasteiger charge is 2.24. The maximum absolute atomic E-state index is 11.5. The topological polar surface area (TPSA) is 43.4 Å². The Hall–Kier alpha value is -1.38. The summed E-state index contributed by atoms with van der Waals surface area (Å²) in [6.45, 7) is 5.32. The van der Waals surface area contributed by atoms with Crippen LogP contribution in [0.2, 0.25) is 0 Å². The number of hydrogen-bond acceptors (Lipinski definition) is 3. The van der Waals surface area contributed by atoms with Gasteiger partial charge in [-0.3, -0.25) is 4.79 Å². The van der Waals surface area contributed by atoms with Crippen molar-refractivity contribution in [1.29, 1.82) is 0 Å². The van der Waals surface area contributed by atoms with Crippen LogP contribution in [0.4, 0.5) is 0 Å². The van der Waals surface area contributed by atoms with Crippen LogP contribution in [0.1, 0.15) is 27.2 Å². The molecule has 0 unspecified atom stereocenters. The zero-order valence-electron chi connectivity index (χ0n) is 8.66. The van der Waals surface area contributed by atoms with E-state index in [1.165, 1.54) is 6.08 Å². The Balaban J connectivity index is 2.74. The number of Topliss-reactive ketones (excluding diaryl/α,β-unsaturated/α-hetero) is 1. The van der Waals surface area contributed by atoms with E-state index in [9.17, 15) is 9.59 Å². The molecule has 1 rings (SSSR count). The van der Waals surface area contributed by atoms with Crippen LogP contribution in [0.25, 0.3) is 0 Å². The van der Waals surface area contributed by atoms with Gasteiger partial charge in [0, 0.05) is 6.42 Å². The Morgan fingerprint density at radius 1 is 1.43 bits per heavy atom. The lowest BCUT2D eigenvalue weighted by Crippen LogP contribution is -2.27. The summed E-state index contributed by atoms with van der Waals surface area (Å²) in [5.41, 5.74) is -0.415. The Labute approximate surface area is 83.4 Å². The van der Waals surface area contributed by atoms with Gasteiger partial charge in [-0.2, -0.15) is 0 Å². The Bertz CT molecular complexity index is 316. The van der Waals surface area contributed by atoms with Crippen LogP contribution < -0.4 is 0 Å². The Kier molecular flexibility index (Phi) is 2.89. The minimum atomic E-state index is -0.556. The normalized spacial score (nSPS) is 16.5. The number of esters is 1. The summed E-state index contributed by atoms with van der Waals surface area (Å²) in [5.74, 6) is -0.714. The zero-order chi connectivity index (χ0) is 10.8. The predicted molar refractivity (Wildman–Crippen MR) is 52.7 cm³/mol. The fraction of sp³-hybridized carbons (Fsp3) is 0.455. The van der Waals surface area contributed by atoms with Gasteiger partial charge < -0.3 is 4.74 Å². The van der Waals surface area contributed by atoms with Crippen LogP contribution in [0.15, 0.2) is 23.8 Å². The van der Waals surface area contributed by atoms with Crippen molar-refractivity contribution in [2.45, 2.75) is 32.8 Å². The van der Waals surface area contributed by atoms with Gasteiger partial charge in [0.1, 0.15) is 11.2 Å². The van der Waals surface area contributed by atoms with Gasteiger partial charge in [-0.05, 0) is 26.8 Å². The van der Waals surface area contributed by atoms with Crippen molar-refractivity contribution in [3.8, 4) is 0 Å². The first kappa shape index (κ1) is 10.7. The molecular weight excluding hydrogens is 180 g/mol. The zero-order valence-corrected chi connectivity index (χ0v) is 8.66. The summed E-state index contributed by atoms with van der Waals surface area (Å²) in [7, 11) is 0. The van der Waals surface area contributed by atoms with Crippen molar-refractivity contribution in [1.82, 2.24) is 0 Å². The van der Waals surface area contributed by atoms with Gasteiger partial charge in [0.2, 0.25) is 0 Å². The first-order valence-electron chi connectivity index (χ1n) is 4.53. The van der Waals surface area contributed by atoms with Crippen LogP contribution in [-0.2, 0) is 14.3 Å². The minimum absolute atomic E-state index is 0.141. The lowest BCUT2D eigenvalue weighted by molar-refractivity contribution is -0.150. The van der Waals surface area contributed by atoms with Crippen LogP contribution >= 0.6 is 0 Å². The van der Waals surface area contributed by atoms with Gasteiger partial charge >= 0.3 is 5.97 Å². The third kappa shape index (κ3) is 2.83. The standard InChI is InChI=1S/C11H14O3/c1-11(2,3)14-10(13)8-6-4-5-7-9(8)12/h4-6H,7H2,1-3H3. The van der Waals surface area contributed by atoms with Crippen LogP contribution in [0.5, 0.6) is 0 Å². The maximum Gasteiger partial charge on any atom is 0.342 e. The monoisotopic (exact) mass is 194 g/mol. The summed E-state index contributed by atoms with van der Waals surface area (Å²) in [6.07, 6.45) is 5.20. The number of ether oxygens (including phenoxy) is 1. The third-order valence-electron chi connectivity index (χ3n) is 1.62. The molecule has 0 N–H and O–H groups in total. The van der Waals surface area contributed by atoms with Gasteiger partial charge in [-0.25, -0.2) is 4.79 Å². The summed E-state index contributed by atoms with van der Waals surface area (Å²) < 4.78 is 5.09. The molecule has 0 spiro atoms. The number of carbonyl (C=O) groups excluding carboxylic acids is 2. The Morgan fingerprint density at radius 3 is 2.57 bits per heavy atom. The molecule has 0 aromatic carbocycles. The van der Waals surface area contributed by atoms with E-state index in [2.05, 4.69) is 0 Å². The molecule has 76 valence electrons. The number of rotatable bonds is 1. The molecule has 0 fully saturated rings. The number of hydrogen-bond donors (Lipinski definition) is 0. The van der Waals surface area contributed by atoms with E-state index in [4.69, 9.17) is 4.74 Å². The van der Waals surface area contributed by atoms with Gasteiger partial charge in [0.25, 0.3) is 0 Å². The molecule has 0 saturated heterocycles. The molecule has 0 aromatic rings. The molecule has 1 aliphatic rings. The van der Waals surface area contributed by atoms with Crippen molar-refractivity contribution in [2.24, 2.45) is 0 Å². The largest absolute Gasteiger partial charge is 0.456 e. The van der Waals surface area contributed by atoms with Crippen molar-refractivity contribution in [3.63, 3.8) is 0 Å². The minimum Gasteiger partial charge on any atom is -0.456 e. The molecule has 0 aliphatic heterocycles. The van der Waals surface area contributed by atoms with Gasteiger partial charge in [0.05, 0.1) is 0 Å². The average molecular weight is 194 g/mol. The lowest BCUT2D eigenvalue weighted by Gasteiger charge is -2.20. The third-order valence-corrected chi connectivity index (χ3v) is 1.62. The molecule has 0 aromatic heterocycles. The molecule has 0 saturated carbocycles. The van der Waals surface area contributed by atoms with E-state index >= 15 is 0 Å². The number of ketones is 1. The van der Waals surface area contributed by atoms with Crippen molar-refractivity contribution >= 4 is 11.8 Å². The molecule has 1 aliphatic carbocycles. The second-order valence-electron chi connectivity index (χ2n) is 4.14. The van der Waals surface area contributed by atoms with E-state index < -0.39 is 11.6 Å². The molecule has 0 amide bonds. The smallest absolute Gasteiger partial charge is 0.342 e. The molecule has 0 atom stereocenters. The van der Waals surface area contributed by atoms with E-state index in [1.807, 2.05) is 0 Å². The summed E-state index contributed by atoms with van der Waals surface area (Å²) in [4.78, 5) is 22.8. The van der Waals surface area contributed by atoms with E-state index in [0.717, 1.165) is 0 Å². The van der Waals surface area contributed by atoms with Crippen molar-refractivity contribution < 1.29 is 14.3 Å². The first-order valence-corrected chi connectivity index (χ1v) is 4.53. The summed E-state index contributed by atoms with van der Waals surface area (Å²) in [5, 5.41) is 0. The van der Waals surface area contributed by atoms with Crippen LogP contribution in [-0.4, -0.2) is 17.4 Å². The van der Waals surface area contributed by atoms with Gasteiger partial charge in [-0.15, -0.1) is 0 Å². The molecule has 3 nitrogen and oxygen atoms in total. The second kappa shape index (κ2) is 3.78. The van der Waals surface area contributed by atoms with Crippen molar-refractivity contribution in [2.75, 3.05) is 0 Å². The highest BCUT2D eigenvalue weighted by atomic mass is 16.6. The molecule has 0 radical (unpaired) electrons. The maximum atomic E-state index is 11.5. The Morgan fingerprint density at radius 2 is 2.07 bits per heavy atom. The van der Waals surface area contributed by atoms with Gasteiger partial charge in [0.15, 0.2) is 5.78 Å².